The van der Waals surface area contributed by atoms with E-state index in [0.29, 0.717) is 23.0 Å². The maximum Gasteiger partial charge on any atom is 0.251 e. The molecule has 1 fully saturated rings. The van der Waals surface area contributed by atoms with E-state index in [2.05, 4.69) is 30.9 Å². The summed E-state index contributed by atoms with van der Waals surface area (Å²) in [7, 11) is 0. The van der Waals surface area contributed by atoms with Crippen molar-refractivity contribution < 1.29 is 9.18 Å². The maximum atomic E-state index is 13.2. The molecular formula is C22H23FN6O. The number of amides is 1. The summed E-state index contributed by atoms with van der Waals surface area (Å²) in [6.07, 6.45) is 7.89. The Labute approximate surface area is 174 Å². The molecule has 1 atom stereocenters. The molecule has 1 aliphatic rings. The van der Waals surface area contributed by atoms with Crippen molar-refractivity contribution in [3.05, 3.63) is 71.9 Å². The lowest BCUT2D eigenvalue weighted by Crippen LogP contribution is -2.39. The number of hydrogen-bond acceptors (Lipinski definition) is 6. The Bertz CT molecular complexity index is 1010. The van der Waals surface area contributed by atoms with Gasteiger partial charge in [-0.2, -0.15) is 0 Å². The molecule has 4 rings (SSSR count). The second-order valence-electron chi connectivity index (χ2n) is 7.36. The highest BCUT2D eigenvalue weighted by Crippen LogP contribution is 2.24. The predicted octanol–water partition coefficient (Wildman–Crippen LogP) is 4.21. The van der Waals surface area contributed by atoms with Crippen LogP contribution in [0.4, 0.5) is 21.8 Å². The Kier molecular flexibility index (Phi) is 5.83. The minimum Gasteiger partial charge on any atom is -0.363 e. The molecule has 30 heavy (non-hydrogen) atoms. The highest BCUT2D eigenvalue weighted by molar-refractivity contribution is 5.96. The van der Waals surface area contributed by atoms with Crippen molar-refractivity contribution in [2.75, 3.05) is 10.6 Å². The van der Waals surface area contributed by atoms with Gasteiger partial charge in [0.15, 0.2) is 0 Å². The quantitative estimate of drug-likeness (QED) is 0.544. The third kappa shape index (κ3) is 4.89. The number of benzene rings is 1. The van der Waals surface area contributed by atoms with Crippen molar-refractivity contribution in [1.82, 2.24) is 20.3 Å². The van der Waals surface area contributed by atoms with Crippen molar-refractivity contribution in [3.63, 3.8) is 0 Å². The first kappa shape index (κ1) is 19.8. The van der Waals surface area contributed by atoms with Crippen molar-refractivity contribution in [3.8, 4) is 0 Å². The van der Waals surface area contributed by atoms with E-state index < -0.39 is 0 Å². The largest absolute Gasteiger partial charge is 0.363 e. The number of rotatable bonds is 7. The van der Waals surface area contributed by atoms with Crippen LogP contribution >= 0.6 is 0 Å². The van der Waals surface area contributed by atoms with Crippen LogP contribution in [0.3, 0.4) is 0 Å². The summed E-state index contributed by atoms with van der Waals surface area (Å²) < 4.78 is 13.2. The number of carbonyl (C=O) groups is 1. The Morgan fingerprint density at radius 2 is 1.87 bits per heavy atom. The van der Waals surface area contributed by atoms with E-state index in [1.165, 1.54) is 12.1 Å². The number of pyridine rings is 1. The van der Waals surface area contributed by atoms with Crippen LogP contribution in [0.1, 0.15) is 48.1 Å². The van der Waals surface area contributed by atoms with Crippen LogP contribution in [0.2, 0.25) is 0 Å². The standard InChI is InChI=1S/C22H23FN6O/c1-14(15-5-7-17(23)8-6-15)26-19-11-16(22(30)27-18-3-2-4-18)12-20(28-19)29-21-13-24-9-10-25-21/h5-14,18H,2-4H2,1H3,(H,27,30)(H2,25,26,28,29). The fourth-order valence-electron chi connectivity index (χ4n) is 3.17. The van der Waals surface area contributed by atoms with Gasteiger partial charge in [-0.1, -0.05) is 12.1 Å². The molecule has 0 saturated heterocycles. The van der Waals surface area contributed by atoms with E-state index in [0.717, 1.165) is 24.8 Å². The fraction of sp³-hybridized carbons (Fsp3) is 0.273. The van der Waals surface area contributed by atoms with Crippen molar-refractivity contribution in [1.29, 1.82) is 0 Å². The van der Waals surface area contributed by atoms with Gasteiger partial charge in [0, 0.05) is 30.0 Å². The highest BCUT2D eigenvalue weighted by Gasteiger charge is 2.21. The Balaban J connectivity index is 1.58. The van der Waals surface area contributed by atoms with E-state index in [1.54, 1.807) is 42.9 Å². The minimum atomic E-state index is -0.283. The van der Waals surface area contributed by atoms with E-state index in [4.69, 9.17) is 0 Å². The van der Waals surface area contributed by atoms with E-state index in [9.17, 15) is 9.18 Å². The molecular weight excluding hydrogens is 383 g/mol. The molecule has 1 aliphatic carbocycles. The van der Waals surface area contributed by atoms with Crippen LogP contribution in [0.25, 0.3) is 0 Å². The molecule has 3 N–H and O–H groups in total. The molecule has 2 heterocycles. The van der Waals surface area contributed by atoms with Crippen LogP contribution in [0, 0.1) is 5.82 Å². The first-order valence-corrected chi connectivity index (χ1v) is 9.95. The maximum absolute atomic E-state index is 13.2. The van der Waals surface area contributed by atoms with Crippen LogP contribution < -0.4 is 16.0 Å². The van der Waals surface area contributed by atoms with E-state index >= 15 is 0 Å². The summed E-state index contributed by atoms with van der Waals surface area (Å²) in [4.78, 5) is 25.5. The number of hydrogen-bond donors (Lipinski definition) is 3. The molecule has 0 aliphatic heterocycles. The predicted molar refractivity (Wildman–Crippen MR) is 113 cm³/mol. The summed E-state index contributed by atoms with van der Waals surface area (Å²) in [5, 5.41) is 9.43. The van der Waals surface area contributed by atoms with Crippen molar-refractivity contribution >= 4 is 23.4 Å². The SMILES string of the molecule is CC(Nc1cc(C(=O)NC2CCC2)cc(Nc2cnccn2)n1)c1ccc(F)cc1. The highest BCUT2D eigenvalue weighted by atomic mass is 19.1. The summed E-state index contributed by atoms with van der Waals surface area (Å²) in [5.41, 5.74) is 1.41. The third-order valence-electron chi connectivity index (χ3n) is 5.08. The molecule has 0 radical (unpaired) electrons. The Morgan fingerprint density at radius 3 is 2.53 bits per heavy atom. The summed E-state index contributed by atoms with van der Waals surface area (Å²) in [6, 6.07) is 9.79. The van der Waals surface area contributed by atoms with Gasteiger partial charge in [-0.15, -0.1) is 0 Å². The number of anilines is 3. The monoisotopic (exact) mass is 406 g/mol. The number of nitrogens with one attached hydrogen (secondary N) is 3. The van der Waals surface area contributed by atoms with Gasteiger partial charge in [-0.3, -0.25) is 9.78 Å². The van der Waals surface area contributed by atoms with E-state index in [-0.39, 0.29) is 23.8 Å². The van der Waals surface area contributed by atoms with Gasteiger partial charge in [-0.25, -0.2) is 14.4 Å². The van der Waals surface area contributed by atoms with Gasteiger partial charge in [-0.05, 0) is 56.0 Å². The molecule has 7 nitrogen and oxygen atoms in total. The lowest BCUT2D eigenvalue weighted by molar-refractivity contribution is 0.0917. The normalized spacial score (nSPS) is 14.5. The molecule has 1 amide bonds. The summed E-state index contributed by atoms with van der Waals surface area (Å²) in [5.74, 6) is 1.11. The van der Waals surface area contributed by atoms with Gasteiger partial charge in [0.05, 0.1) is 6.20 Å². The molecule has 2 aromatic heterocycles. The number of nitrogens with zero attached hydrogens (tertiary/aromatic N) is 3. The average molecular weight is 406 g/mol. The van der Waals surface area contributed by atoms with Gasteiger partial charge < -0.3 is 16.0 Å². The summed E-state index contributed by atoms with van der Waals surface area (Å²) in [6.45, 7) is 1.95. The van der Waals surface area contributed by atoms with Gasteiger partial charge in [0.1, 0.15) is 23.3 Å². The molecule has 3 aromatic rings. The first-order chi connectivity index (χ1) is 14.6. The van der Waals surface area contributed by atoms with Crippen molar-refractivity contribution in [2.45, 2.75) is 38.3 Å². The second-order valence-corrected chi connectivity index (χ2v) is 7.36. The molecule has 8 heteroatoms. The lowest BCUT2D eigenvalue weighted by Gasteiger charge is -2.26. The molecule has 1 aromatic carbocycles. The Hall–Kier alpha value is -3.55. The van der Waals surface area contributed by atoms with Crippen molar-refractivity contribution in [2.24, 2.45) is 0 Å². The Morgan fingerprint density at radius 1 is 1.10 bits per heavy atom. The van der Waals surface area contributed by atoms with Gasteiger partial charge in [0.2, 0.25) is 0 Å². The molecule has 0 spiro atoms. The zero-order chi connectivity index (χ0) is 20.9. The molecule has 154 valence electrons. The molecule has 1 saturated carbocycles. The smallest absolute Gasteiger partial charge is 0.251 e. The average Bonchev–Trinajstić information content (AvgIpc) is 2.71. The fourth-order valence-corrected chi connectivity index (χ4v) is 3.17. The zero-order valence-electron chi connectivity index (χ0n) is 16.6. The zero-order valence-corrected chi connectivity index (χ0v) is 16.6. The van der Waals surface area contributed by atoms with Crippen LogP contribution in [-0.2, 0) is 0 Å². The lowest BCUT2D eigenvalue weighted by atomic mass is 9.93. The van der Waals surface area contributed by atoms with Crippen LogP contribution in [0.5, 0.6) is 0 Å². The van der Waals surface area contributed by atoms with Gasteiger partial charge >= 0.3 is 0 Å². The molecule has 0 bridgehead atoms. The molecule has 1 unspecified atom stereocenters. The number of halogens is 1. The topological polar surface area (TPSA) is 91.8 Å². The van der Waals surface area contributed by atoms with E-state index in [1.807, 2.05) is 6.92 Å². The summed E-state index contributed by atoms with van der Waals surface area (Å²) >= 11 is 0. The minimum absolute atomic E-state index is 0.132. The second kappa shape index (κ2) is 8.86. The van der Waals surface area contributed by atoms with Gasteiger partial charge in [0.25, 0.3) is 5.91 Å². The van der Waals surface area contributed by atoms with Crippen LogP contribution in [-0.4, -0.2) is 26.9 Å². The number of aromatic nitrogens is 3. The number of carbonyl (C=O) groups excluding carboxylic acids is 1. The first-order valence-electron chi connectivity index (χ1n) is 9.95. The third-order valence-corrected chi connectivity index (χ3v) is 5.08. The van der Waals surface area contributed by atoms with Crippen LogP contribution in [0.15, 0.2) is 55.0 Å².